The third kappa shape index (κ3) is 3.31. The fourth-order valence-corrected chi connectivity index (χ4v) is 3.08. The van der Waals surface area contributed by atoms with Gasteiger partial charge in [0.05, 0.1) is 11.4 Å². The molecular weight excluding hydrogens is 286 g/mol. The number of rotatable bonds is 3. The van der Waals surface area contributed by atoms with Gasteiger partial charge >= 0.3 is 0 Å². The second-order valence-electron chi connectivity index (χ2n) is 6.02. The zero-order valence-corrected chi connectivity index (χ0v) is 13.5. The molecule has 0 aliphatic carbocycles. The third-order valence-corrected chi connectivity index (χ3v) is 4.40. The van der Waals surface area contributed by atoms with Crippen molar-refractivity contribution in [3.8, 4) is 0 Å². The van der Waals surface area contributed by atoms with Gasteiger partial charge in [-0.15, -0.1) is 0 Å². The summed E-state index contributed by atoms with van der Waals surface area (Å²) in [6, 6.07) is 15.2. The van der Waals surface area contributed by atoms with Crippen molar-refractivity contribution in [3.63, 3.8) is 0 Å². The summed E-state index contributed by atoms with van der Waals surface area (Å²) in [6.45, 7) is 2.11. The van der Waals surface area contributed by atoms with Crippen molar-refractivity contribution in [1.29, 1.82) is 0 Å². The van der Waals surface area contributed by atoms with Crippen LogP contribution < -0.4 is 15.5 Å². The summed E-state index contributed by atoms with van der Waals surface area (Å²) < 4.78 is 0. The van der Waals surface area contributed by atoms with Gasteiger partial charge in [0.1, 0.15) is 0 Å². The first kappa shape index (κ1) is 15.4. The lowest BCUT2D eigenvalue weighted by Gasteiger charge is -2.32. The molecule has 0 bridgehead atoms. The molecule has 0 radical (unpaired) electrons. The van der Waals surface area contributed by atoms with E-state index in [2.05, 4.69) is 11.0 Å². The Labute approximate surface area is 137 Å². The first-order valence-electron chi connectivity index (χ1n) is 8.14. The van der Waals surface area contributed by atoms with Crippen LogP contribution in [0.15, 0.2) is 48.5 Å². The zero-order chi connectivity index (χ0) is 16.2. The van der Waals surface area contributed by atoms with Crippen molar-refractivity contribution in [1.82, 2.24) is 0 Å². The fraction of sp³-hybridized carbons (Fsp3) is 0.316. The van der Waals surface area contributed by atoms with E-state index in [1.54, 1.807) is 29.2 Å². The second-order valence-corrected chi connectivity index (χ2v) is 6.02. The van der Waals surface area contributed by atoms with Crippen LogP contribution >= 0.6 is 0 Å². The minimum Gasteiger partial charge on any atom is -0.399 e. The molecule has 120 valence electrons. The Balaban J connectivity index is 1.88. The average Bonchev–Trinajstić information content (AvgIpc) is 2.62. The number of anilines is 3. The molecule has 2 aromatic carbocycles. The number of nitrogens with two attached hydrogens (primary N) is 1. The van der Waals surface area contributed by atoms with Crippen molar-refractivity contribution >= 4 is 23.0 Å². The lowest BCUT2D eigenvalue weighted by molar-refractivity contribution is 0.0993. The normalized spacial score (nSPS) is 14.6. The van der Waals surface area contributed by atoms with Crippen LogP contribution in [0.1, 0.15) is 29.6 Å². The van der Waals surface area contributed by atoms with Crippen LogP contribution in [0.25, 0.3) is 0 Å². The van der Waals surface area contributed by atoms with Crippen molar-refractivity contribution < 1.29 is 4.79 Å². The van der Waals surface area contributed by atoms with Crippen LogP contribution in [0.5, 0.6) is 0 Å². The zero-order valence-electron chi connectivity index (χ0n) is 13.5. The van der Waals surface area contributed by atoms with Gasteiger partial charge in [-0.1, -0.05) is 12.1 Å². The first-order valence-corrected chi connectivity index (χ1v) is 8.14. The van der Waals surface area contributed by atoms with Crippen LogP contribution in [-0.2, 0) is 0 Å². The topological polar surface area (TPSA) is 49.6 Å². The van der Waals surface area contributed by atoms with Gasteiger partial charge in [-0.2, -0.15) is 0 Å². The highest BCUT2D eigenvalue weighted by molar-refractivity contribution is 6.07. The van der Waals surface area contributed by atoms with Crippen LogP contribution in [0.4, 0.5) is 17.1 Å². The predicted octanol–water partition coefficient (Wildman–Crippen LogP) is 3.54. The summed E-state index contributed by atoms with van der Waals surface area (Å²) in [4.78, 5) is 16.9. The van der Waals surface area contributed by atoms with Crippen molar-refractivity contribution in [2.24, 2.45) is 0 Å². The Kier molecular flexibility index (Phi) is 4.51. The summed E-state index contributed by atoms with van der Waals surface area (Å²) in [5, 5.41) is 0. The van der Waals surface area contributed by atoms with Crippen LogP contribution in [0.3, 0.4) is 0 Å². The quantitative estimate of drug-likeness (QED) is 0.882. The number of nitrogen functional groups attached to an aromatic ring is 1. The molecule has 1 aliphatic heterocycles. The maximum atomic E-state index is 12.8. The largest absolute Gasteiger partial charge is 0.399 e. The van der Waals surface area contributed by atoms with Gasteiger partial charge in [0, 0.05) is 31.4 Å². The van der Waals surface area contributed by atoms with Gasteiger partial charge in [-0.3, -0.25) is 4.79 Å². The fourth-order valence-electron chi connectivity index (χ4n) is 3.08. The number of benzene rings is 2. The molecule has 0 atom stereocenters. The molecule has 4 nitrogen and oxygen atoms in total. The molecule has 1 saturated heterocycles. The van der Waals surface area contributed by atoms with Gasteiger partial charge in [0.2, 0.25) is 0 Å². The van der Waals surface area contributed by atoms with Crippen LogP contribution in [0.2, 0.25) is 0 Å². The van der Waals surface area contributed by atoms with Crippen LogP contribution in [0, 0.1) is 0 Å². The van der Waals surface area contributed by atoms with Crippen LogP contribution in [-0.4, -0.2) is 26.0 Å². The Morgan fingerprint density at radius 2 is 1.65 bits per heavy atom. The van der Waals surface area contributed by atoms with Gasteiger partial charge < -0.3 is 15.5 Å². The molecule has 1 amide bonds. The minimum absolute atomic E-state index is 0.0190. The van der Waals surface area contributed by atoms with E-state index in [0.29, 0.717) is 11.3 Å². The summed E-state index contributed by atoms with van der Waals surface area (Å²) in [6.07, 6.45) is 3.72. The highest BCUT2D eigenvalue weighted by atomic mass is 16.2. The molecule has 2 aromatic rings. The molecule has 0 unspecified atom stereocenters. The SMILES string of the molecule is CN(C(=O)c1ccc(N)cc1)c1ccccc1N1CCCCC1. The van der Waals surface area contributed by atoms with Crippen molar-refractivity contribution in [2.45, 2.75) is 19.3 Å². The van der Waals surface area contributed by atoms with Crippen molar-refractivity contribution in [2.75, 3.05) is 35.7 Å². The number of amides is 1. The molecule has 1 heterocycles. The molecule has 1 fully saturated rings. The standard InChI is InChI=1S/C19H23N3O/c1-21(19(23)15-9-11-16(20)12-10-15)17-7-3-4-8-18(17)22-13-5-2-6-14-22/h3-4,7-12H,2,5-6,13-14,20H2,1H3. The molecule has 4 heteroatoms. The number of carbonyl (C=O) groups is 1. The van der Waals surface area contributed by atoms with E-state index in [0.717, 1.165) is 24.5 Å². The lowest BCUT2D eigenvalue weighted by Crippen LogP contribution is -2.33. The van der Waals surface area contributed by atoms with E-state index >= 15 is 0 Å². The van der Waals surface area contributed by atoms with Gasteiger partial charge in [0.15, 0.2) is 0 Å². The summed E-state index contributed by atoms with van der Waals surface area (Å²) in [5.41, 5.74) is 9.11. The average molecular weight is 309 g/mol. The maximum absolute atomic E-state index is 12.8. The van der Waals surface area contributed by atoms with E-state index in [4.69, 9.17) is 5.73 Å². The van der Waals surface area contributed by atoms with E-state index < -0.39 is 0 Å². The molecule has 0 aromatic heterocycles. The van der Waals surface area contributed by atoms with E-state index in [9.17, 15) is 4.79 Å². The highest BCUT2D eigenvalue weighted by Gasteiger charge is 2.20. The first-order chi connectivity index (χ1) is 11.2. The maximum Gasteiger partial charge on any atom is 0.258 e. The van der Waals surface area contributed by atoms with Gasteiger partial charge in [0.25, 0.3) is 5.91 Å². The predicted molar refractivity (Wildman–Crippen MR) is 96.1 cm³/mol. The Bertz CT molecular complexity index is 675. The number of hydrogen-bond acceptors (Lipinski definition) is 3. The molecule has 3 rings (SSSR count). The van der Waals surface area contributed by atoms with Gasteiger partial charge in [-0.25, -0.2) is 0 Å². The summed E-state index contributed by atoms with van der Waals surface area (Å²) in [5.74, 6) is -0.0190. The lowest BCUT2D eigenvalue weighted by atomic mass is 10.1. The molecular formula is C19H23N3O. The Morgan fingerprint density at radius 1 is 1.00 bits per heavy atom. The summed E-state index contributed by atoms with van der Waals surface area (Å²) in [7, 11) is 1.83. The molecule has 0 spiro atoms. The van der Waals surface area contributed by atoms with E-state index in [1.807, 2.05) is 25.2 Å². The number of para-hydroxylation sites is 2. The molecule has 0 saturated carbocycles. The molecule has 2 N–H and O–H groups in total. The van der Waals surface area contributed by atoms with Crippen molar-refractivity contribution in [3.05, 3.63) is 54.1 Å². The minimum atomic E-state index is -0.0190. The highest BCUT2D eigenvalue weighted by Crippen LogP contribution is 2.31. The van der Waals surface area contributed by atoms with E-state index in [-0.39, 0.29) is 5.91 Å². The summed E-state index contributed by atoms with van der Waals surface area (Å²) >= 11 is 0. The second kappa shape index (κ2) is 6.73. The number of carbonyl (C=O) groups excluding carboxylic acids is 1. The monoisotopic (exact) mass is 309 g/mol. The van der Waals surface area contributed by atoms with Gasteiger partial charge in [-0.05, 0) is 55.7 Å². The Hall–Kier alpha value is -2.49. The number of nitrogens with zero attached hydrogens (tertiary/aromatic N) is 2. The molecule has 23 heavy (non-hydrogen) atoms. The van der Waals surface area contributed by atoms with E-state index in [1.165, 1.54) is 19.3 Å². The Morgan fingerprint density at radius 3 is 2.35 bits per heavy atom. The molecule has 1 aliphatic rings. The smallest absolute Gasteiger partial charge is 0.258 e. The third-order valence-electron chi connectivity index (χ3n) is 4.40. The number of piperidine rings is 1. The number of hydrogen-bond donors (Lipinski definition) is 1.